The molecule has 2 rings (SSSR count). The number of non-ortho nitro benzene ring substituents is 1. The Bertz CT molecular complexity index is 693. The lowest BCUT2D eigenvalue weighted by molar-refractivity contribution is -0.384. The van der Waals surface area contributed by atoms with Crippen molar-refractivity contribution in [2.75, 3.05) is 20.3 Å². The lowest BCUT2D eigenvalue weighted by Gasteiger charge is -2.17. The second kappa shape index (κ2) is 11.8. The molecule has 2 aromatic rings. The summed E-state index contributed by atoms with van der Waals surface area (Å²) in [5.74, 6) is 0.677. The highest BCUT2D eigenvalue weighted by Crippen LogP contribution is 2.18. The number of nitrogens with one attached hydrogen (secondary N) is 2. The summed E-state index contributed by atoms with van der Waals surface area (Å²) < 4.78 is 5.06. The number of rotatable bonds is 8. The van der Waals surface area contributed by atoms with Crippen molar-refractivity contribution in [2.45, 2.75) is 19.5 Å². The molecule has 142 valence electrons. The molecule has 1 aromatic heterocycles. The van der Waals surface area contributed by atoms with Gasteiger partial charge in [0.15, 0.2) is 5.96 Å². The monoisotopic (exact) mass is 490 g/mol. The van der Waals surface area contributed by atoms with Crippen LogP contribution in [0.4, 0.5) is 5.69 Å². The standard InChI is InChI=1S/C17H22N4O3S.HI/c1-13(16-4-3-11-25-16)20-17(18-9-10-24-2)19-12-14-5-7-15(8-6-14)21(22)23;/h3-8,11,13H,9-10,12H2,1-2H3,(H2,18,19,20);1H. The lowest BCUT2D eigenvalue weighted by atomic mass is 10.2. The van der Waals surface area contributed by atoms with E-state index in [0.29, 0.717) is 25.7 Å². The zero-order valence-corrected chi connectivity index (χ0v) is 17.8. The first-order valence-electron chi connectivity index (χ1n) is 7.90. The first-order chi connectivity index (χ1) is 12.1. The Kier molecular flexibility index (Phi) is 10.1. The van der Waals surface area contributed by atoms with Crippen LogP contribution in [0.1, 0.15) is 23.4 Å². The molecule has 1 heterocycles. The minimum Gasteiger partial charge on any atom is -0.383 e. The summed E-state index contributed by atoms with van der Waals surface area (Å²) in [7, 11) is 1.65. The van der Waals surface area contributed by atoms with Crippen molar-refractivity contribution in [2.24, 2.45) is 4.99 Å². The van der Waals surface area contributed by atoms with Gasteiger partial charge < -0.3 is 15.4 Å². The smallest absolute Gasteiger partial charge is 0.269 e. The number of halogens is 1. The van der Waals surface area contributed by atoms with Crippen LogP contribution in [0.15, 0.2) is 46.8 Å². The van der Waals surface area contributed by atoms with E-state index in [1.165, 1.54) is 17.0 Å². The predicted octanol–water partition coefficient (Wildman–Crippen LogP) is 3.72. The van der Waals surface area contributed by atoms with Crippen LogP contribution in [-0.4, -0.2) is 31.1 Å². The average molecular weight is 490 g/mol. The van der Waals surface area contributed by atoms with Crippen LogP contribution in [0, 0.1) is 10.1 Å². The summed E-state index contributed by atoms with van der Waals surface area (Å²) in [6, 6.07) is 10.6. The Hall–Kier alpha value is -1.72. The minimum absolute atomic E-state index is 0. The number of aliphatic imine (C=N–C) groups is 1. The van der Waals surface area contributed by atoms with E-state index in [0.717, 1.165) is 5.56 Å². The molecule has 0 bridgehead atoms. The van der Waals surface area contributed by atoms with Crippen molar-refractivity contribution in [3.05, 3.63) is 62.3 Å². The highest BCUT2D eigenvalue weighted by molar-refractivity contribution is 14.0. The second-order valence-corrected chi connectivity index (χ2v) is 6.37. The largest absolute Gasteiger partial charge is 0.383 e. The van der Waals surface area contributed by atoms with E-state index in [2.05, 4.69) is 28.6 Å². The Morgan fingerprint density at radius 2 is 2.08 bits per heavy atom. The summed E-state index contributed by atoms with van der Waals surface area (Å²) in [5, 5.41) is 19.3. The molecule has 9 heteroatoms. The molecule has 0 aliphatic carbocycles. The molecule has 1 unspecified atom stereocenters. The number of ether oxygens (including phenoxy) is 1. The normalized spacial score (nSPS) is 12.2. The third-order valence-corrected chi connectivity index (χ3v) is 4.54. The summed E-state index contributed by atoms with van der Waals surface area (Å²) in [6.45, 7) is 3.72. The third kappa shape index (κ3) is 7.26. The first-order valence-corrected chi connectivity index (χ1v) is 8.78. The number of hydrogen-bond acceptors (Lipinski definition) is 5. The summed E-state index contributed by atoms with van der Waals surface area (Å²) in [4.78, 5) is 16.1. The van der Waals surface area contributed by atoms with Crippen molar-refractivity contribution in [3.63, 3.8) is 0 Å². The molecule has 0 radical (unpaired) electrons. The fourth-order valence-electron chi connectivity index (χ4n) is 2.13. The number of guanidine groups is 1. The van der Waals surface area contributed by atoms with E-state index in [1.807, 2.05) is 11.4 Å². The molecule has 0 saturated carbocycles. The van der Waals surface area contributed by atoms with Gasteiger partial charge in [0.1, 0.15) is 0 Å². The van der Waals surface area contributed by atoms with Crippen LogP contribution in [0.25, 0.3) is 0 Å². The molecule has 0 fully saturated rings. The molecule has 1 aromatic carbocycles. The zero-order chi connectivity index (χ0) is 18.1. The van der Waals surface area contributed by atoms with Crippen LogP contribution >= 0.6 is 35.3 Å². The zero-order valence-electron chi connectivity index (χ0n) is 14.7. The average Bonchev–Trinajstić information content (AvgIpc) is 3.14. The van der Waals surface area contributed by atoms with E-state index in [1.54, 1.807) is 30.6 Å². The fourth-order valence-corrected chi connectivity index (χ4v) is 2.87. The lowest BCUT2D eigenvalue weighted by Crippen LogP contribution is -2.40. The maximum absolute atomic E-state index is 10.7. The molecule has 0 aliphatic rings. The number of nitro benzene ring substituents is 1. The maximum atomic E-state index is 10.7. The van der Waals surface area contributed by atoms with Gasteiger partial charge in [0.05, 0.1) is 24.1 Å². The Balaban J connectivity index is 0.00000338. The summed E-state index contributed by atoms with van der Waals surface area (Å²) in [6.07, 6.45) is 0. The van der Waals surface area contributed by atoms with Gasteiger partial charge in [0.25, 0.3) is 5.69 Å². The Labute approximate surface area is 174 Å². The molecule has 26 heavy (non-hydrogen) atoms. The first kappa shape index (κ1) is 22.3. The topological polar surface area (TPSA) is 88.8 Å². The highest BCUT2D eigenvalue weighted by atomic mass is 127. The number of nitro groups is 1. The molecule has 7 nitrogen and oxygen atoms in total. The number of methoxy groups -OCH3 is 1. The van der Waals surface area contributed by atoms with Crippen LogP contribution in [0.5, 0.6) is 0 Å². The van der Waals surface area contributed by atoms with Gasteiger partial charge in [-0.05, 0) is 23.9 Å². The van der Waals surface area contributed by atoms with E-state index in [-0.39, 0.29) is 35.7 Å². The van der Waals surface area contributed by atoms with Gasteiger partial charge in [-0.3, -0.25) is 10.1 Å². The van der Waals surface area contributed by atoms with Crippen LogP contribution in [0.3, 0.4) is 0 Å². The van der Waals surface area contributed by atoms with Gasteiger partial charge in [-0.2, -0.15) is 0 Å². The van der Waals surface area contributed by atoms with Gasteiger partial charge >= 0.3 is 0 Å². The van der Waals surface area contributed by atoms with E-state index < -0.39 is 4.92 Å². The Morgan fingerprint density at radius 3 is 2.65 bits per heavy atom. The molecular formula is C17H23IN4O3S. The predicted molar refractivity (Wildman–Crippen MR) is 115 cm³/mol. The van der Waals surface area contributed by atoms with E-state index >= 15 is 0 Å². The molecule has 0 spiro atoms. The Morgan fingerprint density at radius 1 is 1.35 bits per heavy atom. The van der Waals surface area contributed by atoms with Gasteiger partial charge in [-0.25, -0.2) is 4.99 Å². The molecular weight excluding hydrogens is 467 g/mol. The van der Waals surface area contributed by atoms with Gasteiger partial charge in [0, 0.05) is 30.7 Å². The van der Waals surface area contributed by atoms with E-state index in [4.69, 9.17) is 4.74 Å². The quantitative estimate of drug-likeness (QED) is 0.147. The second-order valence-electron chi connectivity index (χ2n) is 5.39. The van der Waals surface area contributed by atoms with Crippen molar-refractivity contribution < 1.29 is 9.66 Å². The molecule has 2 N–H and O–H groups in total. The summed E-state index contributed by atoms with van der Waals surface area (Å²) >= 11 is 1.69. The number of hydrogen-bond donors (Lipinski definition) is 2. The highest BCUT2D eigenvalue weighted by Gasteiger charge is 2.09. The third-order valence-electron chi connectivity index (χ3n) is 3.49. The molecule has 0 aliphatic heterocycles. The van der Waals surface area contributed by atoms with Crippen LogP contribution in [0.2, 0.25) is 0 Å². The number of benzene rings is 1. The number of thiophene rings is 1. The van der Waals surface area contributed by atoms with Gasteiger partial charge in [-0.15, -0.1) is 35.3 Å². The minimum atomic E-state index is -0.408. The molecule has 0 amide bonds. The van der Waals surface area contributed by atoms with Crippen LogP contribution < -0.4 is 10.6 Å². The fraction of sp³-hybridized carbons (Fsp3) is 0.353. The molecule has 1 atom stereocenters. The van der Waals surface area contributed by atoms with Crippen LogP contribution in [-0.2, 0) is 11.3 Å². The number of nitrogens with zero attached hydrogens (tertiary/aromatic N) is 2. The van der Waals surface area contributed by atoms with Gasteiger partial charge in [-0.1, -0.05) is 18.2 Å². The van der Waals surface area contributed by atoms with Crippen molar-refractivity contribution >= 4 is 47.0 Å². The summed E-state index contributed by atoms with van der Waals surface area (Å²) in [5.41, 5.74) is 0.984. The van der Waals surface area contributed by atoms with Gasteiger partial charge in [0.2, 0.25) is 0 Å². The maximum Gasteiger partial charge on any atom is 0.269 e. The SMILES string of the molecule is COCCNC(=NCc1ccc([N+](=O)[O-])cc1)NC(C)c1cccs1.I. The van der Waals surface area contributed by atoms with Crippen molar-refractivity contribution in [3.8, 4) is 0 Å². The van der Waals surface area contributed by atoms with E-state index in [9.17, 15) is 10.1 Å². The van der Waals surface area contributed by atoms with Crippen molar-refractivity contribution in [1.29, 1.82) is 0 Å². The molecule has 0 saturated heterocycles. The van der Waals surface area contributed by atoms with Crippen molar-refractivity contribution in [1.82, 2.24) is 10.6 Å².